The molecule has 1 rings (SSSR count). The van der Waals surface area contributed by atoms with Gasteiger partial charge in [0.25, 0.3) is 0 Å². The number of hydrogen-bond acceptors (Lipinski definition) is 4. The number of carbonyl (C=O) groups is 1. The quantitative estimate of drug-likeness (QED) is 0.724. The molecular formula is C8H10N2O2S. The summed E-state index contributed by atoms with van der Waals surface area (Å²) in [5.41, 5.74) is 2.53. The Labute approximate surface area is 79.9 Å². The Morgan fingerprint density at radius 3 is 3.08 bits per heavy atom. The molecule has 13 heavy (non-hydrogen) atoms. The molecule has 0 atom stereocenters. The standard InChI is InChI=1S/C8H10N2O2S/c1-5(2)3-9-7-6(8(11)12)10-4-13-7/h4,9H,1,3H2,2H3,(H,11,12). The van der Waals surface area contributed by atoms with Gasteiger partial charge in [-0.25, -0.2) is 9.78 Å². The molecule has 0 bridgehead atoms. The lowest BCUT2D eigenvalue weighted by Crippen LogP contribution is -2.06. The van der Waals surface area contributed by atoms with E-state index in [0.29, 0.717) is 11.5 Å². The van der Waals surface area contributed by atoms with Crippen LogP contribution in [-0.4, -0.2) is 22.6 Å². The molecule has 0 spiro atoms. The van der Waals surface area contributed by atoms with Gasteiger partial charge in [-0.1, -0.05) is 12.2 Å². The predicted octanol–water partition coefficient (Wildman–Crippen LogP) is 1.83. The van der Waals surface area contributed by atoms with E-state index in [0.717, 1.165) is 5.57 Å². The molecule has 0 amide bonds. The van der Waals surface area contributed by atoms with Gasteiger partial charge in [0.1, 0.15) is 5.00 Å². The molecule has 0 saturated carbocycles. The fourth-order valence-corrected chi connectivity index (χ4v) is 1.43. The first-order valence-corrected chi connectivity index (χ1v) is 4.54. The van der Waals surface area contributed by atoms with E-state index in [-0.39, 0.29) is 5.69 Å². The molecule has 0 aliphatic carbocycles. The third kappa shape index (κ3) is 2.55. The van der Waals surface area contributed by atoms with E-state index >= 15 is 0 Å². The van der Waals surface area contributed by atoms with E-state index < -0.39 is 5.97 Å². The number of thiazole rings is 1. The molecule has 0 aliphatic heterocycles. The fraction of sp³-hybridized carbons (Fsp3) is 0.250. The lowest BCUT2D eigenvalue weighted by Gasteiger charge is -2.02. The lowest BCUT2D eigenvalue weighted by molar-refractivity contribution is 0.0692. The van der Waals surface area contributed by atoms with Crippen molar-refractivity contribution in [1.82, 2.24) is 4.98 Å². The molecule has 0 aromatic carbocycles. The number of rotatable bonds is 4. The third-order valence-electron chi connectivity index (χ3n) is 1.32. The normalized spacial score (nSPS) is 9.62. The van der Waals surface area contributed by atoms with Gasteiger partial charge in [0.2, 0.25) is 0 Å². The number of hydrogen-bond donors (Lipinski definition) is 2. The molecule has 70 valence electrons. The van der Waals surface area contributed by atoms with Gasteiger partial charge in [0.15, 0.2) is 5.69 Å². The molecule has 4 nitrogen and oxygen atoms in total. The molecule has 5 heteroatoms. The number of carboxylic acids is 1. The van der Waals surface area contributed by atoms with Gasteiger partial charge in [-0.3, -0.25) is 0 Å². The van der Waals surface area contributed by atoms with E-state index in [4.69, 9.17) is 5.11 Å². The molecule has 0 radical (unpaired) electrons. The van der Waals surface area contributed by atoms with Crippen molar-refractivity contribution in [2.75, 3.05) is 11.9 Å². The van der Waals surface area contributed by atoms with Gasteiger partial charge in [-0.2, -0.15) is 0 Å². The van der Waals surface area contributed by atoms with Crippen LogP contribution in [0.15, 0.2) is 17.7 Å². The maximum Gasteiger partial charge on any atom is 0.357 e. The van der Waals surface area contributed by atoms with E-state index in [2.05, 4.69) is 16.9 Å². The van der Waals surface area contributed by atoms with E-state index in [1.54, 1.807) is 0 Å². The maximum atomic E-state index is 10.6. The SMILES string of the molecule is C=C(C)CNc1scnc1C(=O)O. The first-order chi connectivity index (χ1) is 6.11. The van der Waals surface area contributed by atoms with Crippen molar-refractivity contribution in [1.29, 1.82) is 0 Å². The lowest BCUT2D eigenvalue weighted by atomic mass is 10.3. The highest BCUT2D eigenvalue weighted by Crippen LogP contribution is 2.19. The van der Waals surface area contributed by atoms with Crippen molar-refractivity contribution < 1.29 is 9.90 Å². The molecule has 1 heterocycles. The van der Waals surface area contributed by atoms with Gasteiger partial charge < -0.3 is 10.4 Å². The summed E-state index contributed by atoms with van der Waals surface area (Å²) < 4.78 is 0. The average molecular weight is 198 g/mol. The van der Waals surface area contributed by atoms with Crippen LogP contribution in [0.1, 0.15) is 17.4 Å². The third-order valence-corrected chi connectivity index (χ3v) is 2.10. The van der Waals surface area contributed by atoms with Crippen molar-refractivity contribution in [3.63, 3.8) is 0 Å². The minimum atomic E-state index is -1.01. The van der Waals surface area contributed by atoms with Crippen molar-refractivity contribution >= 4 is 22.3 Å². The zero-order valence-corrected chi connectivity index (χ0v) is 8.02. The van der Waals surface area contributed by atoms with Gasteiger partial charge in [0.05, 0.1) is 5.51 Å². The smallest absolute Gasteiger partial charge is 0.357 e. The van der Waals surface area contributed by atoms with Gasteiger partial charge >= 0.3 is 5.97 Å². The van der Waals surface area contributed by atoms with Gasteiger partial charge in [0, 0.05) is 6.54 Å². The van der Waals surface area contributed by atoms with Crippen molar-refractivity contribution in [3.8, 4) is 0 Å². The van der Waals surface area contributed by atoms with Crippen LogP contribution in [0.5, 0.6) is 0 Å². The Morgan fingerprint density at radius 2 is 2.54 bits per heavy atom. The Morgan fingerprint density at radius 1 is 1.85 bits per heavy atom. The average Bonchev–Trinajstić information content (AvgIpc) is 2.47. The van der Waals surface area contributed by atoms with Crippen LogP contribution in [-0.2, 0) is 0 Å². The van der Waals surface area contributed by atoms with Crippen molar-refractivity contribution in [2.24, 2.45) is 0 Å². The molecule has 0 unspecified atom stereocenters. The molecule has 2 N–H and O–H groups in total. The molecule has 0 saturated heterocycles. The zero-order valence-electron chi connectivity index (χ0n) is 7.20. The Hall–Kier alpha value is -1.36. The monoisotopic (exact) mass is 198 g/mol. The number of anilines is 1. The van der Waals surface area contributed by atoms with Crippen LogP contribution in [0.2, 0.25) is 0 Å². The highest BCUT2D eigenvalue weighted by atomic mass is 32.1. The molecule has 1 aromatic rings. The second-order valence-electron chi connectivity index (χ2n) is 2.65. The Bertz CT molecular complexity index is 333. The summed E-state index contributed by atoms with van der Waals surface area (Å²) >= 11 is 1.28. The second kappa shape index (κ2) is 4.04. The van der Waals surface area contributed by atoms with Gasteiger partial charge in [-0.15, -0.1) is 11.3 Å². The largest absolute Gasteiger partial charge is 0.476 e. The van der Waals surface area contributed by atoms with Crippen LogP contribution >= 0.6 is 11.3 Å². The van der Waals surface area contributed by atoms with Crippen LogP contribution in [0.3, 0.4) is 0 Å². The predicted molar refractivity (Wildman–Crippen MR) is 52.4 cm³/mol. The Balaban J connectivity index is 2.71. The number of nitrogens with one attached hydrogen (secondary N) is 1. The zero-order chi connectivity index (χ0) is 9.84. The molecule has 0 fully saturated rings. The molecule has 1 aromatic heterocycles. The summed E-state index contributed by atoms with van der Waals surface area (Å²) in [7, 11) is 0. The molecular weight excluding hydrogens is 188 g/mol. The number of aromatic carboxylic acids is 1. The van der Waals surface area contributed by atoms with Crippen LogP contribution in [0, 0.1) is 0 Å². The van der Waals surface area contributed by atoms with E-state index in [1.807, 2.05) is 6.92 Å². The summed E-state index contributed by atoms with van der Waals surface area (Å²) in [6.07, 6.45) is 0. The van der Waals surface area contributed by atoms with Crippen LogP contribution in [0.25, 0.3) is 0 Å². The van der Waals surface area contributed by atoms with Crippen LogP contribution < -0.4 is 5.32 Å². The number of nitrogens with zero attached hydrogens (tertiary/aromatic N) is 1. The van der Waals surface area contributed by atoms with Crippen molar-refractivity contribution in [3.05, 3.63) is 23.4 Å². The summed E-state index contributed by atoms with van der Waals surface area (Å²) in [5, 5.41) is 12.2. The second-order valence-corrected chi connectivity index (χ2v) is 3.50. The van der Waals surface area contributed by atoms with E-state index in [9.17, 15) is 4.79 Å². The summed E-state index contributed by atoms with van der Waals surface area (Å²) in [6.45, 7) is 6.14. The van der Waals surface area contributed by atoms with Crippen molar-refractivity contribution in [2.45, 2.75) is 6.92 Å². The minimum Gasteiger partial charge on any atom is -0.476 e. The fourth-order valence-electron chi connectivity index (χ4n) is 0.755. The first kappa shape index (κ1) is 9.73. The first-order valence-electron chi connectivity index (χ1n) is 3.66. The molecule has 0 aliphatic rings. The summed E-state index contributed by atoms with van der Waals surface area (Å²) in [6, 6.07) is 0. The number of aromatic nitrogens is 1. The van der Waals surface area contributed by atoms with E-state index in [1.165, 1.54) is 16.8 Å². The Kier molecular flexibility index (Phi) is 3.02. The maximum absolute atomic E-state index is 10.6. The minimum absolute atomic E-state index is 0.0752. The summed E-state index contributed by atoms with van der Waals surface area (Å²) in [5.74, 6) is -1.01. The highest BCUT2D eigenvalue weighted by Gasteiger charge is 2.12. The highest BCUT2D eigenvalue weighted by molar-refractivity contribution is 7.14. The van der Waals surface area contributed by atoms with Crippen LogP contribution in [0.4, 0.5) is 5.00 Å². The topological polar surface area (TPSA) is 62.2 Å². The number of carboxylic acid groups (broad SMARTS) is 1. The van der Waals surface area contributed by atoms with Gasteiger partial charge in [-0.05, 0) is 6.92 Å². The summed E-state index contributed by atoms with van der Waals surface area (Å²) in [4.78, 5) is 14.3.